The molecule has 0 saturated carbocycles. The molecule has 1 fully saturated rings. The van der Waals surface area contributed by atoms with Crippen LogP contribution in [0.1, 0.15) is 19.4 Å². The maximum atomic E-state index is 11.7. The van der Waals surface area contributed by atoms with Crippen molar-refractivity contribution in [3.8, 4) is 0 Å². The first-order valence-corrected chi connectivity index (χ1v) is 7.52. The van der Waals surface area contributed by atoms with Crippen LogP contribution in [0.4, 0.5) is 5.69 Å². The van der Waals surface area contributed by atoms with Gasteiger partial charge in [-0.25, -0.2) is 0 Å². The Balaban J connectivity index is 2.30. The van der Waals surface area contributed by atoms with Crippen molar-refractivity contribution < 1.29 is 9.53 Å². The van der Waals surface area contributed by atoms with Crippen LogP contribution in [-0.4, -0.2) is 37.7 Å². The number of nitrogens with one attached hydrogen (secondary N) is 1. The summed E-state index contributed by atoms with van der Waals surface area (Å²) in [6.45, 7) is 6.43. The van der Waals surface area contributed by atoms with Crippen molar-refractivity contribution in [1.82, 2.24) is 5.32 Å². The lowest BCUT2D eigenvalue weighted by Crippen LogP contribution is -2.53. The highest BCUT2D eigenvalue weighted by atomic mass is 35.5. The van der Waals surface area contributed by atoms with Crippen LogP contribution in [0, 0.1) is 0 Å². The number of amides is 1. The lowest BCUT2D eigenvalue weighted by Gasteiger charge is -2.36. The molecule has 1 aliphatic rings. The molecule has 116 valence electrons. The van der Waals surface area contributed by atoms with Gasteiger partial charge in [0.2, 0.25) is 5.91 Å². The molecule has 1 aromatic rings. The van der Waals surface area contributed by atoms with Gasteiger partial charge in [-0.15, -0.1) is 0 Å². The summed E-state index contributed by atoms with van der Waals surface area (Å²) in [6, 6.07) is 5.67. The second-order valence-electron chi connectivity index (χ2n) is 5.50. The summed E-state index contributed by atoms with van der Waals surface area (Å²) in [5.74, 6) is -0.377. The van der Waals surface area contributed by atoms with E-state index in [-0.39, 0.29) is 5.91 Å². The number of benzene rings is 1. The number of ether oxygens (including phenoxy) is 1. The molecular formula is C15H22ClN3O2. The lowest BCUT2D eigenvalue weighted by molar-refractivity contribution is -0.121. The van der Waals surface area contributed by atoms with E-state index in [4.69, 9.17) is 22.1 Å². The van der Waals surface area contributed by atoms with Crippen LogP contribution in [0.15, 0.2) is 18.2 Å². The van der Waals surface area contributed by atoms with E-state index >= 15 is 0 Å². The average Bonchev–Trinajstić information content (AvgIpc) is 2.45. The van der Waals surface area contributed by atoms with E-state index in [1.165, 1.54) is 0 Å². The van der Waals surface area contributed by atoms with Gasteiger partial charge in [0.25, 0.3) is 0 Å². The molecule has 0 aliphatic carbocycles. The molecule has 1 aliphatic heterocycles. The van der Waals surface area contributed by atoms with Crippen LogP contribution in [0.25, 0.3) is 0 Å². The Morgan fingerprint density at radius 2 is 2.33 bits per heavy atom. The van der Waals surface area contributed by atoms with Crippen molar-refractivity contribution in [2.45, 2.75) is 32.5 Å². The number of halogens is 1. The number of primary amides is 1. The second-order valence-corrected chi connectivity index (χ2v) is 5.93. The highest BCUT2D eigenvalue weighted by molar-refractivity contribution is 6.30. The maximum Gasteiger partial charge on any atom is 0.242 e. The minimum Gasteiger partial charge on any atom is -0.377 e. The first-order chi connectivity index (χ1) is 9.99. The third-order valence-corrected chi connectivity index (χ3v) is 3.75. The molecule has 1 saturated heterocycles. The first-order valence-electron chi connectivity index (χ1n) is 7.14. The molecule has 21 heavy (non-hydrogen) atoms. The van der Waals surface area contributed by atoms with Crippen molar-refractivity contribution in [2.75, 3.05) is 24.7 Å². The standard InChI is InChI=1S/C15H22ClN3O2/c1-10(2)18-8-11-3-4-12(16)7-13(11)19-5-6-21-9-14(19)15(17)20/h3-4,7,10,14,18H,5-6,8-9H2,1-2H3,(H2,17,20). The summed E-state index contributed by atoms with van der Waals surface area (Å²) < 4.78 is 5.37. The quantitative estimate of drug-likeness (QED) is 0.865. The predicted molar refractivity (Wildman–Crippen MR) is 84.6 cm³/mol. The first kappa shape index (κ1) is 16.1. The normalized spacial score (nSPS) is 19.0. The van der Waals surface area contributed by atoms with E-state index in [0.29, 0.717) is 37.4 Å². The Morgan fingerprint density at radius 3 is 3.00 bits per heavy atom. The fraction of sp³-hybridized carbons (Fsp3) is 0.533. The summed E-state index contributed by atoms with van der Waals surface area (Å²) in [4.78, 5) is 13.6. The molecule has 0 bridgehead atoms. The van der Waals surface area contributed by atoms with Crippen LogP contribution in [0.2, 0.25) is 5.02 Å². The number of morpholine rings is 1. The molecule has 1 amide bonds. The smallest absolute Gasteiger partial charge is 0.242 e. The third kappa shape index (κ3) is 4.09. The van der Waals surface area contributed by atoms with Crippen LogP contribution in [0.3, 0.4) is 0 Å². The fourth-order valence-electron chi connectivity index (χ4n) is 2.40. The van der Waals surface area contributed by atoms with Gasteiger partial charge in [-0.05, 0) is 17.7 Å². The fourth-order valence-corrected chi connectivity index (χ4v) is 2.56. The summed E-state index contributed by atoms with van der Waals surface area (Å²) in [6.07, 6.45) is 0. The van der Waals surface area contributed by atoms with Crippen LogP contribution in [-0.2, 0) is 16.1 Å². The molecule has 1 atom stereocenters. The Kier molecular flexibility index (Phi) is 5.45. The van der Waals surface area contributed by atoms with Crippen molar-refractivity contribution in [2.24, 2.45) is 5.73 Å². The monoisotopic (exact) mass is 311 g/mol. The van der Waals surface area contributed by atoms with Gasteiger partial charge >= 0.3 is 0 Å². The second kappa shape index (κ2) is 7.11. The van der Waals surface area contributed by atoms with Gasteiger partial charge in [-0.2, -0.15) is 0 Å². The van der Waals surface area contributed by atoms with E-state index < -0.39 is 6.04 Å². The van der Waals surface area contributed by atoms with Gasteiger partial charge in [-0.3, -0.25) is 4.79 Å². The Labute approximate surface area is 130 Å². The highest BCUT2D eigenvalue weighted by Crippen LogP contribution is 2.28. The van der Waals surface area contributed by atoms with Crippen molar-refractivity contribution in [3.05, 3.63) is 28.8 Å². The van der Waals surface area contributed by atoms with Crippen LogP contribution >= 0.6 is 11.6 Å². The van der Waals surface area contributed by atoms with E-state index in [1.807, 2.05) is 23.1 Å². The van der Waals surface area contributed by atoms with Crippen LogP contribution in [0.5, 0.6) is 0 Å². The van der Waals surface area contributed by atoms with Gasteiger partial charge in [0.1, 0.15) is 6.04 Å². The Bertz CT molecular complexity index is 508. The molecule has 1 aromatic carbocycles. The zero-order valence-corrected chi connectivity index (χ0v) is 13.2. The van der Waals surface area contributed by atoms with Crippen LogP contribution < -0.4 is 16.0 Å². The Morgan fingerprint density at radius 1 is 1.57 bits per heavy atom. The summed E-state index contributed by atoms with van der Waals surface area (Å²) in [5, 5.41) is 4.03. The number of carbonyl (C=O) groups excluding carboxylic acids is 1. The predicted octanol–water partition coefficient (Wildman–Crippen LogP) is 1.53. The molecule has 6 heteroatoms. The van der Waals surface area contributed by atoms with Crippen molar-refractivity contribution in [3.63, 3.8) is 0 Å². The van der Waals surface area contributed by atoms with Crippen molar-refractivity contribution in [1.29, 1.82) is 0 Å². The topological polar surface area (TPSA) is 67.6 Å². The molecular weight excluding hydrogens is 290 g/mol. The molecule has 0 aromatic heterocycles. The molecule has 2 rings (SSSR count). The molecule has 3 N–H and O–H groups in total. The maximum absolute atomic E-state index is 11.7. The molecule has 1 heterocycles. The van der Waals surface area contributed by atoms with Gasteiger partial charge in [0.15, 0.2) is 0 Å². The SMILES string of the molecule is CC(C)NCc1ccc(Cl)cc1N1CCOCC1C(N)=O. The number of nitrogens with two attached hydrogens (primary N) is 1. The minimum atomic E-state index is -0.449. The van der Waals surface area contributed by atoms with E-state index in [0.717, 1.165) is 11.3 Å². The number of nitrogens with zero attached hydrogens (tertiary/aromatic N) is 1. The van der Waals surface area contributed by atoms with Gasteiger partial charge < -0.3 is 20.7 Å². The number of hydrogen-bond acceptors (Lipinski definition) is 4. The summed E-state index contributed by atoms with van der Waals surface area (Å²) in [7, 11) is 0. The zero-order chi connectivity index (χ0) is 15.4. The van der Waals surface area contributed by atoms with E-state index in [9.17, 15) is 4.79 Å². The highest BCUT2D eigenvalue weighted by Gasteiger charge is 2.29. The largest absolute Gasteiger partial charge is 0.377 e. The van der Waals surface area contributed by atoms with Crippen molar-refractivity contribution >= 4 is 23.2 Å². The summed E-state index contributed by atoms with van der Waals surface area (Å²) in [5.41, 5.74) is 7.54. The molecule has 5 nitrogen and oxygen atoms in total. The van der Waals surface area contributed by atoms with E-state index in [1.54, 1.807) is 0 Å². The zero-order valence-electron chi connectivity index (χ0n) is 12.4. The number of rotatable bonds is 5. The summed E-state index contributed by atoms with van der Waals surface area (Å²) >= 11 is 6.13. The number of carbonyl (C=O) groups is 1. The average molecular weight is 312 g/mol. The number of hydrogen-bond donors (Lipinski definition) is 2. The van der Waals surface area contributed by atoms with E-state index in [2.05, 4.69) is 19.2 Å². The van der Waals surface area contributed by atoms with Gasteiger partial charge in [0.05, 0.1) is 13.2 Å². The molecule has 0 radical (unpaired) electrons. The molecule has 0 spiro atoms. The molecule has 1 unspecified atom stereocenters. The Hall–Kier alpha value is -1.30. The van der Waals surface area contributed by atoms with Gasteiger partial charge in [-0.1, -0.05) is 31.5 Å². The van der Waals surface area contributed by atoms with Gasteiger partial charge in [0, 0.05) is 29.8 Å². The number of anilines is 1. The minimum absolute atomic E-state index is 0.318. The lowest BCUT2D eigenvalue weighted by atomic mass is 10.1. The third-order valence-electron chi connectivity index (χ3n) is 3.51.